The summed E-state index contributed by atoms with van der Waals surface area (Å²) in [4.78, 5) is 15.3. The monoisotopic (exact) mass is 581 g/mol. The largest absolute Gasteiger partial charge is 0.488 e. The lowest BCUT2D eigenvalue weighted by Gasteiger charge is -2.34. The second kappa shape index (κ2) is 11.2. The molecule has 1 amide bonds. The van der Waals surface area contributed by atoms with Crippen LogP contribution in [0, 0.1) is 0 Å². The minimum absolute atomic E-state index is 0.0734. The molecular weight excluding hydrogens is 557 g/mol. The van der Waals surface area contributed by atoms with Gasteiger partial charge in [0.1, 0.15) is 11.9 Å². The van der Waals surface area contributed by atoms with Crippen molar-refractivity contribution in [1.82, 2.24) is 4.90 Å². The summed E-state index contributed by atoms with van der Waals surface area (Å²) in [6.45, 7) is 3.46. The van der Waals surface area contributed by atoms with E-state index in [0.717, 1.165) is 11.6 Å². The first-order valence-corrected chi connectivity index (χ1v) is 12.9. The maximum Gasteiger partial charge on any atom is 0.429 e. The predicted molar refractivity (Wildman–Crippen MR) is 141 cm³/mol. The van der Waals surface area contributed by atoms with Crippen molar-refractivity contribution in [3.05, 3.63) is 105 Å². The number of aliphatic hydroxyl groups is 1. The number of hydrogen-bond donors (Lipinski definition) is 1. The highest BCUT2D eigenvalue weighted by Gasteiger charge is 2.63. The van der Waals surface area contributed by atoms with Gasteiger partial charge in [0, 0.05) is 21.3 Å². The maximum atomic E-state index is 13.9. The van der Waals surface area contributed by atoms with Crippen molar-refractivity contribution in [2.24, 2.45) is 0 Å². The molecule has 10 heteroatoms. The summed E-state index contributed by atoms with van der Waals surface area (Å²) in [5.74, 6) is -2.33. The minimum atomic E-state index is -5.27. The fourth-order valence-electron chi connectivity index (χ4n) is 4.66. The van der Waals surface area contributed by atoms with E-state index in [-0.39, 0.29) is 18.9 Å². The first kappa shape index (κ1) is 29.0. The van der Waals surface area contributed by atoms with E-state index in [9.17, 15) is 27.5 Å². The molecule has 1 N–H and O–H groups in total. The molecule has 1 saturated heterocycles. The second-order valence-corrected chi connectivity index (χ2v) is 10.2. The van der Waals surface area contributed by atoms with E-state index in [4.69, 9.17) is 27.9 Å². The van der Waals surface area contributed by atoms with Crippen molar-refractivity contribution in [2.75, 3.05) is 6.54 Å². The van der Waals surface area contributed by atoms with Gasteiger partial charge < -0.3 is 14.7 Å². The zero-order chi connectivity index (χ0) is 28.5. The Balaban J connectivity index is 1.74. The van der Waals surface area contributed by atoms with E-state index in [1.54, 1.807) is 50.3 Å². The van der Waals surface area contributed by atoms with Crippen LogP contribution in [0.25, 0.3) is 0 Å². The number of nitrogens with zero attached hydrogens (tertiary/aromatic N) is 1. The smallest absolute Gasteiger partial charge is 0.429 e. The standard InChI is InChI=1S/C29H25Cl2F4NO3/c1-3-25-19(11-20-12-26(32)28(20,38)29(33,34)35)9-10-23(39-24-14-21(30)13-22(31)15-24)16-36(25)27(37)17(2)18-7-5-4-6-8-18/h3-8,11,13-15,17,23,38H,9-10,16H2,1-2H3/b19-11-,25-3+/t17-,23-,28?/m0/s1. The van der Waals surface area contributed by atoms with Crippen LogP contribution in [0.3, 0.4) is 0 Å². The normalized spacial score (nSPS) is 24.5. The molecule has 4 rings (SSSR count). The van der Waals surface area contributed by atoms with Crippen molar-refractivity contribution in [2.45, 2.75) is 50.5 Å². The third-order valence-corrected chi connectivity index (χ3v) is 7.21. The molecule has 0 radical (unpaired) electrons. The Morgan fingerprint density at radius 1 is 1.21 bits per heavy atom. The Labute approximate surface area is 233 Å². The molecule has 2 aliphatic rings. The molecule has 1 unspecified atom stereocenters. The first-order chi connectivity index (χ1) is 18.3. The summed E-state index contributed by atoms with van der Waals surface area (Å²) in [6, 6.07) is 13.7. The second-order valence-electron chi connectivity index (χ2n) is 9.37. The van der Waals surface area contributed by atoms with E-state index >= 15 is 0 Å². The van der Waals surface area contributed by atoms with Crippen molar-refractivity contribution in [3.63, 3.8) is 0 Å². The van der Waals surface area contributed by atoms with Gasteiger partial charge in [-0.05, 0) is 62.1 Å². The highest BCUT2D eigenvalue weighted by molar-refractivity contribution is 6.34. The van der Waals surface area contributed by atoms with Gasteiger partial charge in [0.05, 0.1) is 12.5 Å². The van der Waals surface area contributed by atoms with Gasteiger partial charge >= 0.3 is 6.18 Å². The van der Waals surface area contributed by atoms with Gasteiger partial charge in [-0.1, -0.05) is 65.3 Å². The lowest BCUT2D eigenvalue weighted by atomic mass is 9.82. The van der Waals surface area contributed by atoms with Crippen LogP contribution >= 0.6 is 23.2 Å². The average molecular weight is 582 g/mol. The van der Waals surface area contributed by atoms with E-state index < -0.39 is 35.2 Å². The average Bonchev–Trinajstić information content (AvgIpc) is 3.05. The summed E-state index contributed by atoms with van der Waals surface area (Å²) in [7, 11) is 0. The number of ether oxygens (including phenoxy) is 1. The minimum Gasteiger partial charge on any atom is -0.488 e. The topological polar surface area (TPSA) is 49.8 Å². The number of amides is 1. The summed E-state index contributed by atoms with van der Waals surface area (Å²) in [5.41, 5.74) is -1.17. The maximum absolute atomic E-state index is 13.9. The summed E-state index contributed by atoms with van der Waals surface area (Å²) in [5, 5.41) is 10.8. The van der Waals surface area contributed by atoms with Crippen molar-refractivity contribution >= 4 is 29.1 Å². The molecule has 2 aromatic rings. The van der Waals surface area contributed by atoms with Crippen LogP contribution in [0.1, 0.15) is 38.2 Å². The Morgan fingerprint density at radius 2 is 1.85 bits per heavy atom. The molecule has 1 aliphatic heterocycles. The summed E-state index contributed by atoms with van der Waals surface area (Å²) < 4.78 is 60.6. The van der Waals surface area contributed by atoms with Gasteiger partial charge in [0.2, 0.25) is 5.91 Å². The molecule has 0 bridgehead atoms. The lowest BCUT2D eigenvalue weighted by Crippen LogP contribution is -2.50. The van der Waals surface area contributed by atoms with Crippen molar-refractivity contribution in [3.8, 4) is 5.75 Å². The Bertz CT molecular complexity index is 1380. The Morgan fingerprint density at radius 3 is 2.41 bits per heavy atom. The van der Waals surface area contributed by atoms with Crippen LogP contribution in [0.5, 0.6) is 5.75 Å². The first-order valence-electron chi connectivity index (χ1n) is 12.2. The van der Waals surface area contributed by atoms with Gasteiger partial charge in [0.25, 0.3) is 5.60 Å². The van der Waals surface area contributed by atoms with E-state index in [2.05, 4.69) is 0 Å². The molecule has 206 valence electrons. The fraction of sp³-hybridized carbons (Fsp3) is 0.310. The molecular formula is C29H25Cl2F4NO3. The number of rotatable bonds is 5. The highest BCUT2D eigenvalue weighted by atomic mass is 35.5. The SMILES string of the molecule is C/C=C1\C(=C/C2=C=C(F)C2(O)C(F)(F)F)CC[C@H](Oc2cc(Cl)cc(Cl)c2)CN1C(=O)[C@@H](C)c1ccccc1. The van der Waals surface area contributed by atoms with Gasteiger partial charge in [-0.15, -0.1) is 0 Å². The highest BCUT2D eigenvalue weighted by Crippen LogP contribution is 2.48. The Kier molecular flexibility index (Phi) is 8.33. The van der Waals surface area contributed by atoms with Crippen LogP contribution in [0.15, 0.2) is 89.1 Å². The molecule has 0 spiro atoms. The number of halogens is 6. The number of likely N-dealkylation sites (tertiary alicyclic amines) is 1. The van der Waals surface area contributed by atoms with Crippen LogP contribution in [-0.4, -0.2) is 40.3 Å². The number of benzene rings is 2. The molecule has 3 atom stereocenters. The number of alkyl halides is 3. The molecule has 0 aromatic heterocycles. The number of hydrogen-bond acceptors (Lipinski definition) is 3. The van der Waals surface area contributed by atoms with Gasteiger partial charge in [0.15, 0.2) is 5.83 Å². The van der Waals surface area contributed by atoms with E-state index in [1.165, 1.54) is 4.90 Å². The van der Waals surface area contributed by atoms with Crippen molar-refractivity contribution in [1.29, 1.82) is 0 Å². The number of carbonyl (C=O) groups is 1. The molecule has 39 heavy (non-hydrogen) atoms. The molecule has 4 nitrogen and oxygen atoms in total. The van der Waals surface area contributed by atoms with Crippen molar-refractivity contribution < 1.29 is 32.2 Å². The fourth-order valence-corrected chi connectivity index (χ4v) is 5.16. The zero-order valence-corrected chi connectivity index (χ0v) is 22.5. The van der Waals surface area contributed by atoms with Gasteiger partial charge in [-0.2, -0.15) is 17.6 Å². The number of carbonyl (C=O) groups excluding carboxylic acids is 1. The third-order valence-electron chi connectivity index (χ3n) is 6.77. The number of allylic oxidation sites excluding steroid dienone is 2. The van der Waals surface area contributed by atoms with Crippen LogP contribution in [0.2, 0.25) is 10.0 Å². The van der Waals surface area contributed by atoms with Crippen LogP contribution in [0.4, 0.5) is 17.6 Å². The molecule has 1 heterocycles. The zero-order valence-electron chi connectivity index (χ0n) is 21.0. The lowest BCUT2D eigenvalue weighted by molar-refractivity contribution is -0.237. The van der Waals surface area contributed by atoms with Crippen LogP contribution in [-0.2, 0) is 4.79 Å². The van der Waals surface area contributed by atoms with E-state index in [0.29, 0.717) is 33.5 Å². The molecule has 1 aliphatic carbocycles. The predicted octanol–water partition coefficient (Wildman–Crippen LogP) is 7.68. The quantitative estimate of drug-likeness (QED) is 0.291. The Hall–Kier alpha value is -3.03. The molecule has 1 fully saturated rings. The third kappa shape index (κ3) is 5.80. The van der Waals surface area contributed by atoms with Gasteiger partial charge in [-0.25, -0.2) is 0 Å². The van der Waals surface area contributed by atoms with Gasteiger partial charge in [-0.3, -0.25) is 4.79 Å². The molecule has 0 saturated carbocycles. The summed E-state index contributed by atoms with van der Waals surface area (Å²) in [6.07, 6.45) is -2.74. The van der Waals surface area contributed by atoms with E-state index in [1.807, 2.05) is 23.9 Å². The molecule has 2 aromatic carbocycles. The van der Waals surface area contributed by atoms with Crippen LogP contribution < -0.4 is 4.74 Å². The summed E-state index contributed by atoms with van der Waals surface area (Å²) >= 11 is 12.2.